The van der Waals surface area contributed by atoms with E-state index in [0.717, 1.165) is 21.2 Å². The van der Waals surface area contributed by atoms with E-state index < -0.39 is 0 Å². The molecule has 120 valence electrons. The highest BCUT2D eigenvalue weighted by Crippen LogP contribution is 2.48. The fraction of sp³-hybridized carbons (Fsp3) is 0.111. The summed E-state index contributed by atoms with van der Waals surface area (Å²) in [5, 5.41) is 0. The minimum Gasteiger partial charge on any atom is -0.337 e. The summed E-state index contributed by atoms with van der Waals surface area (Å²) in [6.07, 6.45) is 5.55. The normalized spacial score (nSPS) is 12.6. The van der Waals surface area contributed by atoms with E-state index in [-0.39, 0.29) is 11.7 Å². The maximum absolute atomic E-state index is 13.6. The van der Waals surface area contributed by atoms with Crippen LogP contribution in [0.2, 0.25) is 0 Å². The molecule has 1 amide bonds. The number of aromatic nitrogens is 2. The van der Waals surface area contributed by atoms with E-state index in [1.807, 2.05) is 35.0 Å². The first-order valence-electron chi connectivity index (χ1n) is 7.57. The zero-order valence-electron chi connectivity index (χ0n) is 12.7. The third-order valence-electron chi connectivity index (χ3n) is 3.88. The first-order valence-corrected chi connectivity index (χ1v) is 8.39. The molecule has 0 bridgehead atoms. The molecule has 24 heavy (non-hydrogen) atoms. The van der Waals surface area contributed by atoms with Crippen molar-refractivity contribution >= 4 is 29.0 Å². The first kappa shape index (κ1) is 15.0. The molecule has 0 saturated carbocycles. The zero-order valence-corrected chi connectivity index (χ0v) is 13.5. The SMILES string of the molecule is O=C(CCn1ccnc1)N1c2ccccc2Sc2cc(F)ccc21. The lowest BCUT2D eigenvalue weighted by atomic mass is 10.2. The molecule has 6 heteroatoms. The molecule has 0 atom stereocenters. The Kier molecular flexibility index (Phi) is 3.82. The van der Waals surface area contributed by atoms with Gasteiger partial charge < -0.3 is 4.57 Å². The molecule has 0 aliphatic carbocycles. The highest BCUT2D eigenvalue weighted by Gasteiger charge is 2.28. The van der Waals surface area contributed by atoms with E-state index in [2.05, 4.69) is 4.98 Å². The quantitative estimate of drug-likeness (QED) is 0.716. The topological polar surface area (TPSA) is 38.1 Å². The van der Waals surface area contributed by atoms with Crippen LogP contribution in [0, 0.1) is 5.82 Å². The summed E-state index contributed by atoms with van der Waals surface area (Å²) < 4.78 is 15.5. The molecule has 4 rings (SSSR count). The summed E-state index contributed by atoms with van der Waals surface area (Å²) in [5.74, 6) is -0.323. The number of anilines is 2. The van der Waals surface area contributed by atoms with E-state index >= 15 is 0 Å². The number of halogens is 1. The number of benzene rings is 2. The summed E-state index contributed by atoms with van der Waals surface area (Å²) in [6.45, 7) is 0.557. The Morgan fingerprint density at radius 3 is 2.79 bits per heavy atom. The number of carbonyl (C=O) groups excluding carboxylic acids is 1. The molecule has 0 radical (unpaired) electrons. The Hall–Kier alpha value is -2.60. The average Bonchev–Trinajstić information content (AvgIpc) is 3.11. The van der Waals surface area contributed by atoms with Crippen LogP contribution >= 0.6 is 11.8 Å². The fourth-order valence-electron chi connectivity index (χ4n) is 2.76. The number of aryl methyl sites for hydroxylation is 1. The van der Waals surface area contributed by atoms with Gasteiger partial charge in [0.05, 0.1) is 17.7 Å². The number of imidazole rings is 1. The summed E-state index contributed by atoms with van der Waals surface area (Å²) in [4.78, 5) is 20.3. The fourth-order valence-corrected chi connectivity index (χ4v) is 3.84. The number of hydrogen-bond acceptors (Lipinski definition) is 3. The van der Waals surface area contributed by atoms with Crippen molar-refractivity contribution in [2.45, 2.75) is 22.8 Å². The van der Waals surface area contributed by atoms with Gasteiger partial charge in [-0.15, -0.1) is 0 Å². The number of para-hydroxylation sites is 1. The predicted molar refractivity (Wildman–Crippen MR) is 91.0 cm³/mol. The smallest absolute Gasteiger partial charge is 0.233 e. The highest BCUT2D eigenvalue weighted by molar-refractivity contribution is 7.99. The van der Waals surface area contributed by atoms with Crippen molar-refractivity contribution in [3.05, 3.63) is 67.0 Å². The lowest BCUT2D eigenvalue weighted by Gasteiger charge is -2.31. The molecule has 0 spiro atoms. The third kappa shape index (κ3) is 2.69. The maximum atomic E-state index is 13.6. The molecule has 2 heterocycles. The minimum atomic E-state index is -0.300. The van der Waals surface area contributed by atoms with Crippen LogP contribution < -0.4 is 4.90 Å². The van der Waals surface area contributed by atoms with Crippen LogP contribution in [0.15, 0.2) is 71.0 Å². The summed E-state index contributed by atoms with van der Waals surface area (Å²) in [5.41, 5.74) is 1.58. The van der Waals surface area contributed by atoms with Crippen LogP contribution in [-0.4, -0.2) is 15.5 Å². The number of nitrogens with zero attached hydrogens (tertiary/aromatic N) is 3. The van der Waals surface area contributed by atoms with Gasteiger partial charge in [-0.25, -0.2) is 9.37 Å². The van der Waals surface area contributed by atoms with Crippen LogP contribution in [0.3, 0.4) is 0 Å². The van der Waals surface area contributed by atoms with Crippen LogP contribution in [0.1, 0.15) is 6.42 Å². The van der Waals surface area contributed by atoms with Gasteiger partial charge in [-0.3, -0.25) is 9.69 Å². The minimum absolute atomic E-state index is 0.0238. The van der Waals surface area contributed by atoms with Gasteiger partial charge in [0.15, 0.2) is 0 Å². The number of rotatable bonds is 3. The second kappa shape index (κ2) is 6.13. The second-order valence-electron chi connectivity index (χ2n) is 5.46. The van der Waals surface area contributed by atoms with Crippen LogP contribution in [-0.2, 0) is 11.3 Å². The predicted octanol–water partition coefficient (Wildman–Crippen LogP) is 4.24. The standard InChI is InChI=1S/C18H14FN3OS/c19-13-5-6-15-17(11-13)24-16-4-2-1-3-14(16)22(15)18(23)7-9-21-10-8-20-12-21/h1-6,8,10-12H,7,9H2. The van der Waals surface area contributed by atoms with E-state index in [1.165, 1.54) is 23.9 Å². The molecule has 1 aromatic heterocycles. The maximum Gasteiger partial charge on any atom is 0.233 e. The largest absolute Gasteiger partial charge is 0.337 e. The van der Waals surface area contributed by atoms with Gasteiger partial charge in [-0.05, 0) is 30.3 Å². The van der Waals surface area contributed by atoms with Crippen molar-refractivity contribution < 1.29 is 9.18 Å². The van der Waals surface area contributed by atoms with Gasteiger partial charge in [0.2, 0.25) is 5.91 Å². The Balaban J connectivity index is 1.69. The number of amides is 1. The number of carbonyl (C=O) groups is 1. The Morgan fingerprint density at radius 1 is 1.12 bits per heavy atom. The van der Waals surface area contributed by atoms with E-state index in [4.69, 9.17) is 0 Å². The van der Waals surface area contributed by atoms with Gasteiger partial charge in [0.25, 0.3) is 0 Å². The van der Waals surface area contributed by atoms with Crippen molar-refractivity contribution in [2.24, 2.45) is 0 Å². The molecule has 3 aromatic rings. The van der Waals surface area contributed by atoms with Gasteiger partial charge >= 0.3 is 0 Å². The Morgan fingerprint density at radius 2 is 1.96 bits per heavy atom. The van der Waals surface area contributed by atoms with Crippen LogP contribution in [0.5, 0.6) is 0 Å². The molecule has 2 aromatic carbocycles. The molecule has 0 unspecified atom stereocenters. The summed E-state index contributed by atoms with van der Waals surface area (Å²) >= 11 is 1.48. The summed E-state index contributed by atoms with van der Waals surface area (Å²) in [6, 6.07) is 12.2. The lowest BCUT2D eigenvalue weighted by molar-refractivity contribution is -0.118. The Bertz CT molecular complexity index is 895. The van der Waals surface area contributed by atoms with Gasteiger partial charge in [-0.2, -0.15) is 0 Å². The van der Waals surface area contributed by atoms with E-state index in [9.17, 15) is 9.18 Å². The number of fused-ring (bicyclic) bond motifs is 2. The van der Waals surface area contributed by atoms with E-state index in [1.54, 1.807) is 23.5 Å². The van der Waals surface area contributed by atoms with Crippen molar-refractivity contribution in [2.75, 3.05) is 4.90 Å². The molecule has 1 aliphatic rings. The van der Waals surface area contributed by atoms with Gasteiger partial charge in [-0.1, -0.05) is 23.9 Å². The van der Waals surface area contributed by atoms with Gasteiger partial charge in [0.1, 0.15) is 5.82 Å². The van der Waals surface area contributed by atoms with Crippen LogP contribution in [0.25, 0.3) is 0 Å². The highest BCUT2D eigenvalue weighted by atomic mass is 32.2. The molecule has 0 saturated heterocycles. The zero-order chi connectivity index (χ0) is 16.5. The van der Waals surface area contributed by atoms with Crippen molar-refractivity contribution in [1.82, 2.24) is 9.55 Å². The molecule has 0 fully saturated rings. The lowest BCUT2D eigenvalue weighted by Crippen LogP contribution is -2.29. The average molecular weight is 339 g/mol. The number of hydrogen-bond donors (Lipinski definition) is 0. The van der Waals surface area contributed by atoms with Crippen molar-refractivity contribution in [3.63, 3.8) is 0 Å². The molecule has 0 N–H and O–H groups in total. The monoisotopic (exact) mass is 339 g/mol. The molecular formula is C18H14FN3OS. The Labute approximate surface area is 142 Å². The third-order valence-corrected chi connectivity index (χ3v) is 4.99. The van der Waals surface area contributed by atoms with Gasteiger partial charge in [0, 0.05) is 35.2 Å². The van der Waals surface area contributed by atoms with Crippen LogP contribution in [0.4, 0.5) is 15.8 Å². The second-order valence-corrected chi connectivity index (χ2v) is 6.55. The molecular weight excluding hydrogens is 325 g/mol. The van der Waals surface area contributed by atoms with E-state index in [0.29, 0.717) is 13.0 Å². The first-order chi connectivity index (χ1) is 11.7. The van der Waals surface area contributed by atoms with Crippen molar-refractivity contribution in [3.8, 4) is 0 Å². The summed E-state index contributed by atoms with van der Waals surface area (Å²) in [7, 11) is 0. The molecule has 4 nitrogen and oxygen atoms in total. The van der Waals surface area contributed by atoms with Crippen molar-refractivity contribution in [1.29, 1.82) is 0 Å². The molecule has 1 aliphatic heterocycles.